The Hall–Kier alpha value is -1.52. The molecule has 1 aromatic rings. The van der Waals surface area contributed by atoms with Crippen molar-refractivity contribution in [1.29, 1.82) is 0 Å². The van der Waals surface area contributed by atoms with Crippen molar-refractivity contribution in [3.05, 3.63) is 35.9 Å². The Kier molecular flexibility index (Phi) is 4.76. The summed E-state index contributed by atoms with van der Waals surface area (Å²) in [5.41, 5.74) is 0.684. The summed E-state index contributed by atoms with van der Waals surface area (Å²) in [5, 5.41) is 2.04. The van der Waals surface area contributed by atoms with Crippen LogP contribution in [-0.4, -0.2) is 12.1 Å². The maximum Gasteiger partial charge on any atom is 0.471 e. The molecule has 0 bridgehead atoms. The van der Waals surface area contributed by atoms with Gasteiger partial charge in [0.15, 0.2) is 0 Å². The molecule has 0 aliphatic heterocycles. The summed E-state index contributed by atoms with van der Waals surface area (Å²) in [6, 6.07) is 8.07. The summed E-state index contributed by atoms with van der Waals surface area (Å²) >= 11 is 0. The van der Waals surface area contributed by atoms with Crippen LogP contribution in [0.1, 0.15) is 31.9 Å². The maximum atomic E-state index is 12.3. The SMILES string of the molecule is CC(C)CC(NC(=O)C(F)(F)F)c1ccccc1. The minimum Gasteiger partial charge on any atom is -0.341 e. The van der Waals surface area contributed by atoms with Gasteiger partial charge < -0.3 is 5.32 Å². The fourth-order valence-electron chi connectivity index (χ4n) is 1.68. The normalized spacial score (nSPS) is 13.4. The number of hydrogen-bond donors (Lipinski definition) is 1. The van der Waals surface area contributed by atoms with Crippen LogP contribution >= 0.6 is 0 Å². The van der Waals surface area contributed by atoms with Gasteiger partial charge in [0, 0.05) is 0 Å². The number of hydrogen-bond acceptors (Lipinski definition) is 1. The molecule has 0 saturated heterocycles. The van der Waals surface area contributed by atoms with E-state index in [2.05, 4.69) is 0 Å². The van der Waals surface area contributed by atoms with E-state index < -0.39 is 18.1 Å². The highest BCUT2D eigenvalue weighted by Crippen LogP contribution is 2.23. The second-order valence-electron chi connectivity index (χ2n) is 4.56. The van der Waals surface area contributed by atoms with E-state index in [0.717, 1.165) is 0 Å². The largest absolute Gasteiger partial charge is 0.471 e. The number of amides is 1. The monoisotopic (exact) mass is 259 g/mol. The van der Waals surface area contributed by atoms with E-state index >= 15 is 0 Å². The summed E-state index contributed by atoms with van der Waals surface area (Å²) < 4.78 is 36.8. The Morgan fingerprint density at radius 1 is 1.22 bits per heavy atom. The first-order valence-corrected chi connectivity index (χ1v) is 5.73. The molecule has 0 fully saturated rings. The van der Waals surface area contributed by atoms with Gasteiger partial charge in [0.25, 0.3) is 0 Å². The number of rotatable bonds is 4. The predicted molar refractivity (Wildman–Crippen MR) is 62.8 cm³/mol. The van der Waals surface area contributed by atoms with Gasteiger partial charge in [0.2, 0.25) is 0 Å². The number of carbonyl (C=O) groups is 1. The Morgan fingerprint density at radius 2 is 1.78 bits per heavy atom. The zero-order valence-electron chi connectivity index (χ0n) is 10.3. The molecule has 0 aromatic heterocycles. The maximum absolute atomic E-state index is 12.3. The molecule has 1 rings (SSSR count). The van der Waals surface area contributed by atoms with Crippen LogP contribution in [0.15, 0.2) is 30.3 Å². The lowest BCUT2D eigenvalue weighted by molar-refractivity contribution is -0.174. The van der Waals surface area contributed by atoms with Gasteiger partial charge in [-0.05, 0) is 17.9 Å². The number of halogens is 3. The summed E-state index contributed by atoms with van der Waals surface area (Å²) in [4.78, 5) is 11.0. The van der Waals surface area contributed by atoms with Gasteiger partial charge in [-0.25, -0.2) is 0 Å². The first-order valence-electron chi connectivity index (χ1n) is 5.73. The molecule has 0 aliphatic carbocycles. The molecule has 0 aliphatic rings. The van der Waals surface area contributed by atoms with Gasteiger partial charge in [-0.2, -0.15) is 13.2 Å². The number of carbonyl (C=O) groups excluding carboxylic acids is 1. The fraction of sp³-hybridized carbons (Fsp3) is 0.462. The Balaban J connectivity index is 2.84. The summed E-state index contributed by atoms with van der Waals surface area (Å²) in [6.45, 7) is 3.80. The Morgan fingerprint density at radius 3 is 2.22 bits per heavy atom. The van der Waals surface area contributed by atoms with E-state index in [1.165, 1.54) is 0 Å². The van der Waals surface area contributed by atoms with E-state index in [0.29, 0.717) is 12.0 Å². The molecule has 0 heterocycles. The summed E-state index contributed by atoms with van der Waals surface area (Å²) in [6.07, 6.45) is -4.38. The molecule has 100 valence electrons. The van der Waals surface area contributed by atoms with Crippen molar-refractivity contribution in [2.75, 3.05) is 0 Å². The summed E-state index contributed by atoms with van der Waals surface area (Å²) in [7, 11) is 0. The number of benzene rings is 1. The van der Waals surface area contributed by atoms with Crippen molar-refractivity contribution >= 4 is 5.91 Å². The average molecular weight is 259 g/mol. The van der Waals surface area contributed by atoms with E-state index in [4.69, 9.17) is 0 Å². The lowest BCUT2D eigenvalue weighted by atomic mass is 9.97. The fourth-order valence-corrected chi connectivity index (χ4v) is 1.68. The van der Waals surface area contributed by atoms with Crippen molar-refractivity contribution in [2.24, 2.45) is 5.92 Å². The van der Waals surface area contributed by atoms with Gasteiger partial charge in [-0.15, -0.1) is 0 Å². The van der Waals surface area contributed by atoms with Crippen LogP contribution in [-0.2, 0) is 4.79 Å². The van der Waals surface area contributed by atoms with Crippen LogP contribution in [0.5, 0.6) is 0 Å². The van der Waals surface area contributed by atoms with E-state index in [9.17, 15) is 18.0 Å². The van der Waals surface area contributed by atoms with E-state index in [-0.39, 0.29) is 5.92 Å². The molecule has 0 radical (unpaired) electrons. The summed E-state index contributed by atoms with van der Waals surface area (Å²) in [5.74, 6) is -1.71. The lowest BCUT2D eigenvalue weighted by Crippen LogP contribution is -2.39. The quantitative estimate of drug-likeness (QED) is 0.881. The van der Waals surface area contributed by atoms with Crippen molar-refractivity contribution in [3.8, 4) is 0 Å². The number of nitrogens with one attached hydrogen (secondary N) is 1. The molecule has 1 amide bonds. The van der Waals surface area contributed by atoms with Crippen LogP contribution in [0.2, 0.25) is 0 Å². The number of alkyl halides is 3. The highest BCUT2D eigenvalue weighted by Gasteiger charge is 2.39. The van der Waals surface area contributed by atoms with Gasteiger partial charge in [0.1, 0.15) is 0 Å². The highest BCUT2D eigenvalue weighted by atomic mass is 19.4. The molecular formula is C13H16F3NO. The molecule has 1 unspecified atom stereocenters. The predicted octanol–water partition coefficient (Wildman–Crippen LogP) is 3.45. The topological polar surface area (TPSA) is 29.1 Å². The van der Waals surface area contributed by atoms with Crippen molar-refractivity contribution < 1.29 is 18.0 Å². The van der Waals surface area contributed by atoms with Crippen LogP contribution in [0.4, 0.5) is 13.2 Å². The zero-order valence-corrected chi connectivity index (χ0v) is 10.3. The molecule has 1 atom stereocenters. The third kappa shape index (κ3) is 4.39. The molecule has 1 aromatic carbocycles. The third-order valence-electron chi connectivity index (χ3n) is 2.47. The van der Waals surface area contributed by atoms with Gasteiger partial charge >= 0.3 is 12.1 Å². The lowest BCUT2D eigenvalue weighted by Gasteiger charge is -2.21. The van der Waals surface area contributed by atoms with Crippen LogP contribution < -0.4 is 5.32 Å². The first kappa shape index (κ1) is 14.5. The van der Waals surface area contributed by atoms with Crippen molar-refractivity contribution in [2.45, 2.75) is 32.5 Å². The van der Waals surface area contributed by atoms with Gasteiger partial charge in [-0.1, -0.05) is 44.2 Å². The molecule has 2 nitrogen and oxygen atoms in total. The molecular weight excluding hydrogens is 243 g/mol. The third-order valence-corrected chi connectivity index (χ3v) is 2.47. The van der Waals surface area contributed by atoms with Crippen LogP contribution in [0, 0.1) is 5.92 Å². The highest BCUT2D eigenvalue weighted by molar-refractivity contribution is 5.82. The van der Waals surface area contributed by atoms with E-state index in [1.807, 2.05) is 19.2 Å². The van der Waals surface area contributed by atoms with E-state index in [1.54, 1.807) is 30.3 Å². The molecule has 0 spiro atoms. The van der Waals surface area contributed by atoms with Crippen LogP contribution in [0.3, 0.4) is 0 Å². The van der Waals surface area contributed by atoms with Crippen molar-refractivity contribution in [1.82, 2.24) is 5.32 Å². The minimum absolute atomic E-state index is 0.184. The van der Waals surface area contributed by atoms with Crippen LogP contribution in [0.25, 0.3) is 0 Å². The van der Waals surface area contributed by atoms with Crippen molar-refractivity contribution in [3.63, 3.8) is 0 Å². The van der Waals surface area contributed by atoms with Gasteiger partial charge in [0.05, 0.1) is 6.04 Å². The Bertz CT molecular complexity index is 387. The first-order chi connectivity index (χ1) is 8.30. The average Bonchev–Trinajstić information content (AvgIpc) is 2.27. The second kappa shape index (κ2) is 5.89. The molecule has 18 heavy (non-hydrogen) atoms. The second-order valence-corrected chi connectivity index (χ2v) is 4.56. The smallest absolute Gasteiger partial charge is 0.341 e. The zero-order chi connectivity index (χ0) is 13.8. The minimum atomic E-state index is -4.84. The molecule has 5 heteroatoms. The van der Waals surface area contributed by atoms with Gasteiger partial charge in [-0.3, -0.25) is 4.79 Å². The standard InChI is InChI=1S/C13H16F3NO/c1-9(2)8-11(10-6-4-3-5-7-10)17-12(18)13(14,15)16/h3-7,9,11H,8H2,1-2H3,(H,17,18). The molecule has 0 saturated carbocycles. The Labute approximate surface area is 104 Å². The molecule has 1 N–H and O–H groups in total.